The van der Waals surface area contributed by atoms with Crippen molar-refractivity contribution >= 4 is 15.9 Å². The zero-order valence-electron chi connectivity index (χ0n) is 12.1. The number of nitrogens with one attached hydrogen (secondary N) is 1. The molecule has 0 saturated carbocycles. The van der Waals surface area contributed by atoms with E-state index in [0.717, 1.165) is 36.5 Å². The van der Waals surface area contributed by atoms with Crippen LogP contribution in [0.2, 0.25) is 0 Å². The Labute approximate surface area is 132 Å². The predicted octanol–water partition coefficient (Wildman–Crippen LogP) is 2.39. The van der Waals surface area contributed by atoms with Crippen molar-refractivity contribution in [1.82, 2.24) is 20.4 Å². The number of hydrogen-bond acceptors (Lipinski definition) is 5. The van der Waals surface area contributed by atoms with Gasteiger partial charge in [0, 0.05) is 37.1 Å². The molecular formula is C15H19BrN4O. The lowest BCUT2D eigenvalue weighted by Crippen LogP contribution is -2.44. The molecule has 1 aliphatic heterocycles. The summed E-state index contributed by atoms with van der Waals surface area (Å²) in [7, 11) is 0. The van der Waals surface area contributed by atoms with E-state index < -0.39 is 0 Å². The Morgan fingerprint density at radius 1 is 1.29 bits per heavy atom. The number of rotatable bonds is 4. The molecule has 6 heteroatoms. The maximum atomic E-state index is 5.44. The van der Waals surface area contributed by atoms with Crippen molar-refractivity contribution in [3.63, 3.8) is 0 Å². The zero-order chi connectivity index (χ0) is 14.7. The molecule has 0 bridgehead atoms. The van der Waals surface area contributed by atoms with Gasteiger partial charge in [0.25, 0.3) is 0 Å². The average molecular weight is 351 g/mol. The molecule has 1 aromatic heterocycles. The molecule has 0 radical (unpaired) electrons. The fourth-order valence-corrected chi connectivity index (χ4v) is 2.78. The summed E-state index contributed by atoms with van der Waals surface area (Å²) in [6.45, 7) is 6.20. The Kier molecular flexibility index (Phi) is 4.67. The maximum Gasteiger partial charge on any atom is 0.243 e. The van der Waals surface area contributed by atoms with E-state index in [9.17, 15) is 0 Å². The van der Waals surface area contributed by atoms with Gasteiger partial charge in [0.05, 0.1) is 6.04 Å². The van der Waals surface area contributed by atoms with Crippen LogP contribution in [0, 0.1) is 0 Å². The van der Waals surface area contributed by atoms with Gasteiger partial charge in [-0.1, -0.05) is 33.2 Å². The second-order valence-corrected chi connectivity index (χ2v) is 6.23. The van der Waals surface area contributed by atoms with Crippen molar-refractivity contribution in [3.05, 3.63) is 46.0 Å². The van der Waals surface area contributed by atoms with Gasteiger partial charge in [0.2, 0.25) is 5.89 Å². The van der Waals surface area contributed by atoms with Gasteiger partial charge in [0.15, 0.2) is 5.82 Å². The number of aromatic nitrogens is 2. The van der Waals surface area contributed by atoms with Crippen molar-refractivity contribution in [1.29, 1.82) is 0 Å². The smallest absolute Gasteiger partial charge is 0.243 e. The lowest BCUT2D eigenvalue weighted by molar-refractivity contribution is 0.154. The van der Waals surface area contributed by atoms with Crippen molar-refractivity contribution in [2.75, 3.05) is 26.2 Å². The molecule has 1 aromatic carbocycles. The molecule has 1 aliphatic rings. The predicted molar refractivity (Wildman–Crippen MR) is 84.1 cm³/mol. The standard InChI is InChI=1S/C15H19BrN4O/c1-11(20-8-6-17-7-9-20)15-18-14(19-21-15)10-12-2-4-13(16)5-3-12/h2-5,11,17H,6-10H2,1H3. The molecule has 1 N–H and O–H groups in total. The van der Waals surface area contributed by atoms with Crippen LogP contribution in [0.4, 0.5) is 0 Å². The number of nitrogens with zero attached hydrogens (tertiary/aromatic N) is 3. The van der Waals surface area contributed by atoms with E-state index in [2.05, 4.69) is 55.3 Å². The summed E-state index contributed by atoms with van der Waals surface area (Å²) in [6.07, 6.45) is 0.699. The van der Waals surface area contributed by atoms with Gasteiger partial charge >= 0.3 is 0 Å². The molecule has 3 rings (SSSR count). The van der Waals surface area contributed by atoms with E-state index >= 15 is 0 Å². The van der Waals surface area contributed by atoms with E-state index in [0.29, 0.717) is 12.3 Å². The van der Waals surface area contributed by atoms with Gasteiger partial charge in [-0.15, -0.1) is 0 Å². The van der Waals surface area contributed by atoms with Crippen LogP contribution in [0.25, 0.3) is 0 Å². The summed E-state index contributed by atoms with van der Waals surface area (Å²) in [5, 5.41) is 7.46. The summed E-state index contributed by atoms with van der Waals surface area (Å²) in [5.74, 6) is 1.46. The Morgan fingerprint density at radius 2 is 2.00 bits per heavy atom. The average Bonchev–Trinajstić information content (AvgIpc) is 2.98. The largest absolute Gasteiger partial charge is 0.338 e. The van der Waals surface area contributed by atoms with E-state index in [1.807, 2.05) is 12.1 Å². The van der Waals surface area contributed by atoms with E-state index in [4.69, 9.17) is 4.52 Å². The molecule has 1 unspecified atom stereocenters. The number of hydrogen-bond donors (Lipinski definition) is 1. The number of halogens is 1. The monoisotopic (exact) mass is 350 g/mol. The molecular weight excluding hydrogens is 332 g/mol. The van der Waals surface area contributed by atoms with Crippen LogP contribution in [0.15, 0.2) is 33.3 Å². The van der Waals surface area contributed by atoms with Crippen LogP contribution in [0.5, 0.6) is 0 Å². The fourth-order valence-electron chi connectivity index (χ4n) is 2.52. The first-order valence-electron chi connectivity index (χ1n) is 7.24. The quantitative estimate of drug-likeness (QED) is 0.917. The molecule has 5 nitrogen and oxygen atoms in total. The molecule has 0 aliphatic carbocycles. The topological polar surface area (TPSA) is 54.2 Å². The number of benzene rings is 1. The highest BCUT2D eigenvalue weighted by Crippen LogP contribution is 2.19. The van der Waals surface area contributed by atoms with Crippen molar-refractivity contribution in [2.24, 2.45) is 0 Å². The fraction of sp³-hybridized carbons (Fsp3) is 0.467. The van der Waals surface area contributed by atoms with Gasteiger partial charge in [-0.3, -0.25) is 4.90 Å². The van der Waals surface area contributed by atoms with E-state index in [1.54, 1.807) is 0 Å². The van der Waals surface area contributed by atoms with Crippen molar-refractivity contribution < 1.29 is 4.52 Å². The number of piperazine rings is 1. The van der Waals surface area contributed by atoms with Crippen LogP contribution >= 0.6 is 15.9 Å². The highest BCUT2D eigenvalue weighted by molar-refractivity contribution is 9.10. The van der Waals surface area contributed by atoms with Crippen molar-refractivity contribution in [3.8, 4) is 0 Å². The van der Waals surface area contributed by atoms with Crippen LogP contribution in [0.1, 0.15) is 30.2 Å². The molecule has 21 heavy (non-hydrogen) atoms. The molecule has 0 spiro atoms. The molecule has 2 aromatic rings. The summed E-state index contributed by atoms with van der Waals surface area (Å²) in [5.41, 5.74) is 1.18. The van der Waals surface area contributed by atoms with Crippen LogP contribution in [0.3, 0.4) is 0 Å². The van der Waals surface area contributed by atoms with E-state index in [-0.39, 0.29) is 6.04 Å². The third kappa shape index (κ3) is 3.70. The highest BCUT2D eigenvalue weighted by Gasteiger charge is 2.22. The molecule has 1 saturated heterocycles. The SMILES string of the molecule is CC(c1nc(Cc2ccc(Br)cc2)no1)N1CCNCC1. The summed E-state index contributed by atoms with van der Waals surface area (Å²) in [4.78, 5) is 6.92. The Bertz CT molecular complexity index is 578. The van der Waals surface area contributed by atoms with E-state index in [1.165, 1.54) is 5.56 Å². The lowest BCUT2D eigenvalue weighted by atomic mass is 10.1. The zero-order valence-corrected chi connectivity index (χ0v) is 13.6. The Morgan fingerprint density at radius 3 is 2.71 bits per heavy atom. The molecule has 112 valence electrons. The highest BCUT2D eigenvalue weighted by atomic mass is 79.9. The Hall–Kier alpha value is -1.24. The second-order valence-electron chi connectivity index (χ2n) is 5.31. The third-order valence-corrected chi connectivity index (χ3v) is 4.34. The molecule has 1 fully saturated rings. The van der Waals surface area contributed by atoms with Crippen molar-refractivity contribution in [2.45, 2.75) is 19.4 Å². The van der Waals surface area contributed by atoms with Gasteiger partial charge in [-0.2, -0.15) is 4.98 Å². The van der Waals surface area contributed by atoms with Crippen LogP contribution in [-0.2, 0) is 6.42 Å². The summed E-state index contributed by atoms with van der Waals surface area (Å²) in [6, 6.07) is 8.37. The minimum atomic E-state index is 0.179. The molecule has 2 heterocycles. The van der Waals surface area contributed by atoms with Gasteiger partial charge in [-0.25, -0.2) is 0 Å². The van der Waals surface area contributed by atoms with Crippen LogP contribution < -0.4 is 5.32 Å². The minimum absolute atomic E-state index is 0.179. The summed E-state index contributed by atoms with van der Waals surface area (Å²) < 4.78 is 6.52. The molecule has 1 atom stereocenters. The summed E-state index contributed by atoms with van der Waals surface area (Å²) >= 11 is 3.44. The first kappa shape index (κ1) is 14.7. The van der Waals surface area contributed by atoms with Gasteiger partial charge < -0.3 is 9.84 Å². The second kappa shape index (κ2) is 6.68. The third-order valence-electron chi connectivity index (χ3n) is 3.82. The Balaban J connectivity index is 1.66. The van der Waals surface area contributed by atoms with Gasteiger partial charge in [0.1, 0.15) is 0 Å². The lowest BCUT2D eigenvalue weighted by Gasteiger charge is -2.30. The first-order chi connectivity index (χ1) is 10.2. The molecule has 0 amide bonds. The first-order valence-corrected chi connectivity index (χ1v) is 8.03. The van der Waals surface area contributed by atoms with Crippen LogP contribution in [-0.4, -0.2) is 41.2 Å². The normalized spacial score (nSPS) is 17.8. The minimum Gasteiger partial charge on any atom is -0.338 e. The maximum absolute atomic E-state index is 5.44. The van der Waals surface area contributed by atoms with Gasteiger partial charge in [-0.05, 0) is 24.6 Å².